The van der Waals surface area contributed by atoms with Crippen molar-refractivity contribution in [1.29, 1.82) is 0 Å². The molecule has 15 heavy (non-hydrogen) atoms. The summed E-state index contributed by atoms with van der Waals surface area (Å²) in [5, 5.41) is 13.2. The molecule has 0 amide bonds. The van der Waals surface area contributed by atoms with Gasteiger partial charge in [0.1, 0.15) is 0 Å². The van der Waals surface area contributed by atoms with Crippen LogP contribution in [0.4, 0.5) is 0 Å². The minimum Gasteiger partial charge on any atom is -0.392 e. The number of rotatable bonds is 8. The number of nitrogens with one attached hydrogen (secondary N) is 1. The van der Waals surface area contributed by atoms with Crippen molar-refractivity contribution >= 4 is 0 Å². The predicted molar refractivity (Wildman–Crippen MR) is 64.8 cm³/mol. The topological polar surface area (TPSA) is 32.3 Å². The third kappa shape index (κ3) is 4.80. The Morgan fingerprint density at radius 3 is 2.60 bits per heavy atom. The van der Waals surface area contributed by atoms with Gasteiger partial charge in [-0.25, -0.2) is 0 Å². The van der Waals surface area contributed by atoms with Gasteiger partial charge in [0.05, 0.1) is 6.10 Å². The summed E-state index contributed by atoms with van der Waals surface area (Å²) in [5.74, 6) is 1.20. The summed E-state index contributed by atoms with van der Waals surface area (Å²) in [4.78, 5) is 0. The van der Waals surface area contributed by atoms with E-state index in [1.54, 1.807) is 0 Å². The second-order valence-corrected chi connectivity index (χ2v) is 5.03. The van der Waals surface area contributed by atoms with Crippen LogP contribution in [0.2, 0.25) is 0 Å². The molecule has 0 aliphatic heterocycles. The molecule has 2 unspecified atom stereocenters. The summed E-state index contributed by atoms with van der Waals surface area (Å²) in [6, 6.07) is 0.594. The van der Waals surface area contributed by atoms with Gasteiger partial charge >= 0.3 is 0 Å². The third-order valence-corrected chi connectivity index (χ3v) is 3.23. The van der Waals surface area contributed by atoms with Crippen molar-refractivity contribution in [3.05, 3.63) is 12.7 Å². The van der Waals surface area contributed by atoms with Gasteiger partial charge in [0, 0.05) is 12.6 Å². The molecule has 0 bridgehead atoms. The molecule has 2 heteroatoms. The average molecular weight is 211 g/mol. The predicted octanol–water partition coefficient (Wildman–Crippen LogP) is 2.34. The Bertz CT molecular complexity index is 187. The van der Waals surface area contributed by atoms with Crippen LogP contribution in [0.5, 0.6) is 0 Å². The van der Waals surface area contributed by atoms with Crippen LogP contribution in [-0.2, 0) is 0 Å². The van der Waals surface area contributed by atoms with E-state index in [0.29, 0.717) is 12.0 Å². The van der Waals surface area contributed by atoms with Crippen LogP contribution in [0.3, 0.4) is 0 Å². The van der Waals surface area contributed by atoms with Crippen molar-refractivity contribution < 1.29 is 5.11 Å². The molecule has 2 N–H and O–H groups in total. The molecule has 2 nitrogen and oxygen atoms in total. The normalized spacial score (nSPS) is 20.3. The first kappa shape index (κ1) is 12.7. The molecule has 2 atom stereocenters. The molecule has 1 aliphatic carbocycles. The lowest BCUT2D eigenvalue weighted by Gasteiger charge is -2.21. The Kier molecular flexibility index (Phi) is 5.34. The Morgan fingerprint density at radius 2 is 2.13 bits per heavy atom. The molecule has 0 heterocycles. The van der Waals surface area contributed by atoms with Crippen LogP contribution in [-0.4, -0.2) is 23.8 Å². The smallest absolute Gasteiger partial charge is 0.0687 e. The van der Waals surface area contributed by atoms with E-state index in [0.717, 1.165) is 18.9 Å². The Hall–Kier alpha value is -0.340. The first-order chi connectivity index (χ1) is 7.15. The molecule has 0 radical (unpaired) electrons. The van der Waals surface area contributed by atoms with Crippen LogP contribution in [0.15, 0.2) is 12.7 Å². The largest absolute Gasteiger partial charge is 0.392 e. The average Bonchev–Trinajstić information content (AvgIpc) is 3.01. The van der Waals surface area contributed by atoms with E-state index in [2.05, 4.69) is 25.7 Å². The Labute approximate surface area is 93.8 Å². The van der Waals surface area contributed by atoms with Crippen LogP contribution >= 0.6 is 0 Å². The second kappa shape index (κ2) is 6.29. The molecule has 0 aromatic rings. The molecular weight excluding hydrogens is 186 g/mol. The van der Waals surface area contributed by atoms with E-state index in [4.69, 9.17) is 0 Å². The van der Waals surface area contributed by atoms with Crippen molar-refractivity contribution in [2.75, 3.05) is 6.54 Å². The fourth-order valence-corrected chi connectivity index (χ4v) is 1.81. The Morgan fingerprint density at radius 1 is 1.47 bits per heavy atom. The summed E-state index contributed by atoms with van der Waals surface area (Å²) < 4.78 is 0. The van der Waals surface area contributed by atoms with E-state index in [-0.39, 0.29) is 6.10 Å². The zero-order chi connectivity index (χ0) is 11.3. The van der Waals surface area contributed by atoms with E-state index in [1.807, 2.05) is 6.08 Å². The van der Waals surface area contributed by atoms with Gasteiger partial charge in [-0.1, -0.05) is 19.9 Å². The highest BCUT2D eigenvalue weighted by molar-refractivity contribution is 4.88. The number of allylic oxidation sites excluding steroid dienone is 1. The van der Waals surface area contributed by atoms with Crippen molar-refractivity contribution in [1.82, 2.24) is 5.32 Å². The standard InChI is InChI=1S/C13H25NO/c1-4-5-6-12(11-7-8-11)14-9-13(15)10(2)3/h4,10-15H,1,5-9H2,2-3H3. The maximum atomic E-state index is 9.72. The summed E-state index contributed by atoms with van der Waals surface area (Å²) in [5.41, 5.74) is 0. The lowest BCUT2D eigenvalue weighted by atomic mass is 10.0. The van der Waals surface area contributed by atoms with Crippen molar-refractivity contribution in [2.45, 2.75) is 51.7 Å². The summed E-state index contributed by atoms with van der Waals surface area (Å²) in [6.45, 7) is 8.61. The van der Waals surface area contributed by atoms with Gasteiger partial charge in [-0.15, -0.1) is 6.58 Å². The molecule has 0 aromatic heterocycles. The summed E-state index contributed by atoms with van der Waals surface area (Å²) in [7, 11) is 0. The first-order valence-electron chi connectivity index (χ1n) is 6.17. The number of aliphatic hydroxyl groups is 1. The van der Waals surface area contributed by atoms with E-state index >= 15 is 0 Å². The maximum absolute atomic E-state index is 9.72. The van der Waals surface area contributed by atoms with Gasteiger partial charge < -0.3 is 10.4 Å². The van der Waals surface area contributed by atoms with Crippen molar-refractivity contribution in [2.24, 2.45) is 11.8 Å². The van der Waals surface area contributed by atoms with Gasteiger partial charge in [0.2, 0.25) is 0 Å². The van der Waals surface area contributed by atoms with Gasteiger partial charge in [-0.2, -0.15) is 0 Å². The molecule has 0 spiro atoms. The van der Waals surface area contributed by atoms with Crippen LogP contribution in [0, 0.1) is 11.8 Å². The highest BCUT2D eigenvalue weighted by Crippen LogP contribution is 2.34. The van der Waals surface area contributed by atoms with Gasteiger partial charge in [-0.3, -0.25) is 0 Å². The van der Waals surface area contributed by atoms with Crippen molar-refractivity contribution in [3.8, 4) is 0 Å². The monoisotopic (exact) mass is 211 g/mol. The zero-order valence-electron chi connectivity index (χ0n) is 10.1. The maximum Gasteiger partial charge on any atom is 0.0687 e. The minimum absolute atomic E-state index is 0.213. The zero-order valence-corrected chi connectivity index (χ0v) is 10.1. The lowest BCUT2D eigenvalue weighted by molar-refractivity contribution is 0.118. The molecule has 0 saturated heterocycles. The van der Waals surface area contributed by atoms with Crippen LogP contribution < -0.4 is 5.32 Å². The molecule has 1 saturated carbocycles. The van der Waals surface area contributed by atoms with Gasteiger partial charge in [-0.05, 0) is 37.5 Å². The van der Waals surface area contributed by atoms with E-state index < -0.39 is 0 Å². The van der Waals surface area contributed by atoms with Gasteiger partial charge in [0.25, 0.3) is 0 Å². The van der Waals surface area contributed by atoms with E-state index in [1.165, 1.54) is 19.3 Å². The SMILES string of the molecule is C=CCCC(NCC(O)C(C)C)C1CC1. The summed E-state index contributed by atoms with van der Waals surface area (Å²) >= 11 is 0. The fraction of sp³-hybridized carbons (Fsp3) is 0.846. The minimum atomic E-state index is -0.213. The molecule has 1 rings (SSSR count). The highest BCUT2D eigenvalue weighted by Gasteiger charge is 2.30. The Balaban J connectivity index is 2.21. The highest BCUT2D eigenvalue weighted by atomic mass is 16.3. The van der Waals surface area contributed by atoms with Gasteiger partial charge in [0.15, 0.2) is 0 Å². The lowest BCUT2D eigenvalue weighted by Crippen LogP contribution is -2.38. The first-order valence-corrected chi connectivity index (χ1v) is 6.17. The molecular formula is C13H25NO. The number of hydrogen-bond donors (Lipinski definition) is 2. The van der Waals surface area contributed by atoms with Crippen molar-refractivity contribution in [3.63, 3.8) is 0 Å². The van der Waals surface area contributed by atoms with Crippen LogP contribution in [0.25, 0.3) is 0 Å². The number of aliphatic hydroxyl groups excluding tert-OH is 1. The molecule has 88 valence electrons. The molecule has 1 aliphatic rings. The quantitative estimate of drug-likeness (QED) is 0.604. The van der Waals surface area contributed by atoms with E-state index in [9.17, 15) is 5.11 Å². The van der Waals surface area contributed by atoms with Crippen LogP contribution in [0.1, 0.15) is 39.5 Å². The second-order valence-electron chi connectivity index (χ2n) is 5.03. The third-order valence-electron chi connectivity index (χ3n) is 3.23. The summed E-state index contributed by atoms with van der Waals surface area (Å²) in [6.07, 6.45) is 6.72. The molecule has 0 aromatic carbocycles. The molecule has 1 fully saturated rings. The number of hydrogen-bond acceptors (Lipinski definition) is 2. The fourth-order valence-electron chi connectivity index (χ4n) is 1.81.